The minimum absolute atomic E-state index is 0.281. The Morgan fingerprint density at radius 1 is 1.00 bits per heavy atom. The summed E-state index contributed by atoms with van der Waals surface area (Å²) >= 11 is 6.09. The molecule has 0 atom stereocenters. The van der Waals surface area contributed by atoms with Crippen molar-refractivity contribution in [3.8, 4) is 5.75 Å². The van der Waals surface area contributed by atoms with E-state index in [1.54, 1.807) is 18.2 Å². The van der Waals surface area contributed by atoms with Gasteiger partial charge in [-0.1, -0.05) is 37.6 Å². The molecule has 142 valence electrons. The number of carbonyl (C=O) groups excluding carboxylic acids is 2. The fourth-order valence-corrected chi connectivity index (χ4v) is 3.14. The third kappa shape index (κ3) is 4.08. The van der Waals surface area contributed by atoms with Gasteiger partial charge in [0.15, 0.2) is 0 Å². The van der Waals surface area contributed by atoms with Gasteiger partial charge in [-0.15, -0.1) is 0 Å². The summed E-state index contributed by atoms with van der Waals surface area (Å²) in [4.78, 5) is 25.4. The van der Waals surface area contributed by atoms with Gasteiger partial charge >= 0.3 is 0 Å². The van der Waals surface area contributed by atoms with Crippen LogP contribution in [0, 0.1) is 5.41 Å². The molecule has 1 aliphatic carbocycles. The zero-order valence-electron chi connectivity index (χ0n) is 15.6. The number of amides is 2. The first-order chi connectivity index (χ1) is 12.9. The average molecular weight is 387 g/mol. The van der Waals surface area contributed by atoms with Crippen molar-refractivity contribution in [1.29, 1.82) is 0 Å². The Labute approximate surface area is 164 Å². The van der Waals surface area contributed by atoms with E-state index in [-0.39, 0.29) is 11.8 Å². The van der Waals surface area contributed by atoms with E-state index in [9.17, 15) is 9.59 Å². The third-order valence-corrected chi connectivity index (χ3v) is 5.16. The molecule has 2 N–H and O–H groups in total. The molecule has 0 heterocycles. The lowest BCUT2D eigenvalue weighted by Gasteiger charge is -2.16. The number of benzene rings is 2. The molecule has 0 radical (unpaired) electrons. The van der Waals surface area contributed by atoms with Crippen molar-refractivity contribution in [2.75, 3.05) is 17.7 Å². The van der Waals surface area contributed by atoms with Gasteiger partial charge < -0.3 is 15.4 Å². The van der Waals surface area contributed by atoms with Gasteiger partial charge in [-0.3, -0.25) is 9.59 Å². The smallest absolute Gasteiger partial charge is 0.240 e. The second kappa shape index (κ2) is 7.61. The first kappa shape index (κ1) is 19.2. The Kier molecular flexibility index (Phi) is 5.42. The molecule has 27 heavy (non-hydrogen) atoms. The molecule has 0 aromatic heterocycles. The van der Waals surface area contributed by atoms with E-state index in [0.29, 0.717) is 40.9 Å². The molecule has 0 spiro atoms. The second-order valence-electron chi connectivity index (χ2n) is 7.12. The Morgan fingerprint density at radius 3 is 2.04 bits per heavy atom. The van der Waals surface area contributed by atoms with Crippen molar-refractivity contribution in [3.63, 3.8) is 0 Å². The molecule has 1 aliphatic rings. The minimum atomic E-state index is -1.02. The SMILES string of the molecule is COc1ccc(NC(=O)C2(C(=O)Nc3ccc(C(C)C)cc3)CC2)cc1Cl. The van der Waals surface area contributed by atoms with Gasteiger partial charge in [0.05, 0.1) is 12.1 Å². The first-order valence-electron chi connectivity index (χ1n) is 8.92. The van der Waals surface area contributed by atoms with E-state index in [0.717, 1.165) is 0 Å². The Bertz CT molecular complexity index is 858. The molecule has 5 nitrogen and oxygen atoms in total. The third-order valence-electron chi connectivity index (χ3n) is 4.86. The van der Waals surface area contributed by atoms with Crippen LogP contribution >= 0.6 is 11.6 Å². The number of hydrogen-bond acceptors (Lipinski definition) is 3. The highest BCUT2D eigenvalue weighted by Gasteiger charge is 2.56. The van der Waals surface area contributed by atoms with E-state index in [2.05, 4.69) is 24.5 Å². The van der Waals surface area contributed by atoms with Gasteiger partial charge in [0.1, 0.15) is 11.2 Å². The van der Waals surface area contributed by atoms with Crippen LogP contribution in [-0.4, -0.2) is 18.9 Å². The van der Waals surface area contributed by atoms with Crippen LogP contribution in [0.5, 0.6) is 5.75 Å². The fraction of sp³-hybridized carbons (Fsp3) is 0.333. The molecular weight excluding hydrogens is 364 g/mol. The van der Waals surface area contributed by atoms with Gasteiger partial charge in [-0.05, 0) is 54.7 Å². The molecule has 2 aromatic rings. The number of carbonyl (C=O) groups is 2. The zero-order chi connectivity index (χ0) is 19.6. The highest BCUT2D eigenvalue weighted by Crippen LogP contribution is 2.47. The summed E-state index contributed by atoms with van der Waals surface area (Å²) in [5, 5.41) is 6.05. The molecule has 3 rings (SSSR count). The lowest BCUT2D eigenvalue weighted by Crippen LogP contribution is -2.35. The molecule has 1 saturated carbocycles. The fourth-order valence-electron chi connectivity index (χ4n) is 2.88. The van der Waals surface area contributed by atoms with Crippen molar-refractivity contribution < 1.29 is 14.3 Å². The van der Waals surface area contributed by atoms with Crippen molar-refractivity contribution >= 4 is 34.8 Å². The molecule has 0 saturated heterocycles. The highest BCUT2D eigenvalue weighted by atomic mass is 35.5. The summed E-state index contributed by atoms with van der Waals surface area (Å²) in [5.41, 5.74) is 1.40. The minimum Gasteiger partial charge on any atom is -0.495 e. The monoisotopic (exact) mass is 386 g/mol. The van der Waals surface area contributed by atoms with Gasteiger partial charge in [0.25, 0.3) is 0 Å². The van der Waals surface area contributed by atoms with Crippen LogP contribution in [0.25, 0.3) is 0 Å². The maximum Gasteiger partial charge on any atom is 0.240 e. The number of hydrogen-bond donors (Lipinski definition) is 2. The Hall–Kier alpha value is -2.53. The predicted octanol–water partition coefficient (Wildman–Crippen LogP) is 4.83. The normalized spacial score (nSPS) is 14.6. The second-order valence-corrected chi connectivity index (χ2v) is 7.52. The average Bonchev–Trinajstić information content (AvgIpc) is 3.44. The van der Waals surface area contributed by atoms with E-state index < -0.39 is 5.41 Å². The van der Waals surface area contributed by atoms with Gasteiger partial charge in [0, 0.05) is 11.4 Å². The maximum absolute atomic E-state index is 12.7. The van der Waals surface area contributed by atoms with Gasteiger partial charge in [0.2, 0.25) is 11.8 Å². The van der Waals surface area contributed by atoms with Crippen molar-refractivity contribution in [2.45, 2.75) is 32.6 Å². The first-order valence-corrected chi connectivity index (χ1v) is 9.30. The van der Waals surface area contributed by atoms with E-state index >= 15 is 0 Å². The van der Waals surface area contributed by atoms with Crippen LogP contribution in [0.15, 0.2) is 42.5 Å². The van der Waals surface area contributed by atoms with Crippen LogP contribution in [0.3, 0.4) is 0 Å². The van der Waals surface area contributed by atoms with Gasteiger partial charge in [-0.2, -0.15) is 0 Å². The van der Waals surface area contributed by atoms with Crippen molar-refractivity contribution in [1.82, 2.24) is 0 Å². The molecule has 0 bridgehead atoms. The van der Waals surface area contributed by atoms with Crippen molar-refractivity contribution in [3.05, 3.63) is 53.1 Å². The summed E-state index contributed by atoms with van der Waals surface area (Å²) in [6, 6.07) is 12.7. The number of methoxy groups -OCH3 is 1. The Balaban J connectivity index is 1.67. The van der Waals surface area contributed by atoms with Crippen LogP contribution in [0.4, 0.5) is 11.4 Å². The topological polar surface area (TPSA) is 67.4 Å². The summed E-state index contributed by atoms with van der Waals surface area (Å²) in [6.45, 7) is 4.23. The summed E-state index contributed by atoms with van der Waals surface area (Å²) in [6.07, 6.45) is 1.05. The van der Waals surface area contributed by atoms with Crippen LogP contribution in [0.1, 0.15) is 38.2 Å². The van der Waals surface area contributed by atoms with Crippen LogP contribution in [-0.2, 0) is 9.59 Å². The summed E-state index contributed by atoms with van der Waals surface area (Å²) < 4.78 is 5.10. The van der Waals surface area contributed by atoms with Crippen LogP contribution < -0.4 is 15.4 Å². The van der Waals surface area contributed by atoms with E-state index in [1.807, 2.05) is 24.3 Å². The molecule has 2 aromatic carbocycles. The van der Waals surface area contributed by atoms with E-state index in [4.69, 9.17) is 16.3 Å². The molecule has 2 amide bonds. The number of nitrogens with one attached hydrogen (secondary N) is 2. The predicted molar refractivity (Wildman–Crippen MR) is 107 cm³/mol. The quantitative estimate of drug-likeness (QED) is 0.699. The largest absolute Gasteiger partial charge is 0.495 e. The molecular formula is C21H23ClN2O3. The van der Waals surface area contributed by atoms with E-state index in [1.165, 1.54) is 12.7 Å². The molecule has 1 fully saturated rings. The maximum atomic E-state index is 12.7. The zero-order valence-corrected chi connectivity index (χ0v) is 16.4. The Morgan fingerprint density at radius 2 is 1.56 bits per heavy atom. The number of rotatable bonds is 6. The molecule has 0 unspecified atom stereocenters. The summed E-state index contributed by atoms with van der Waals surface area (Å²) in [7, 11) is 1.52. The molecule has 0 aliphatic heterocycles. The summed E-state index contributed by atoms with van der Waals surface area (Å²) in [5.74, 6) is 0.349. The van der Waals surface area contributed by atoms with Gasteiger partial charge in [-0.25, -0.2) is 0 Å². The molecule has 6 heteroatoms. The lowest BCUT2D eigenvalue weighted by atomic mass is 10.0. The number of halogens is 1. The van der Waals surface area contributed by atoms with Crippen LogP contribution in [0.2, 0.25) is 5.02 Å². The lowest BCUT2D eigenvalue weighted by molar-refractivity contribution is -0.131. The highest BCUT2D eigenvalue weighted by molar-refractivity contribution is 6.32. The standard InChI is InChI=1S/C21H23ClN2O3/c1-13(2)14-4-6-15(7-5-14)23-19(25)21(10-11-21)20(26)24-16-8-9-18(27-3)17(22)12-16/h4-9,12-13H,10-11H2,1-3H3,(H,23,25)(H,24,26). The number of ether oxygens (including phenoxy) is 1. The number of anilines is 2. The van der Waals surface area contributed by atoms with Crippen molar-refractivity contribution in [2.24, 2.45) is 5.41 Å².